The number of ether oxygens (including phenoxy) is 2. The summed E-state index contributed by atoms with van der Waals surface area (Å²) in [5, 5.41) is 9.27. The van der Waals surface area contributed by atoms with Gasteiger partial charge in [-0.15, -0.1) is 0 Å². The Morgan fingerprint density at radius 2 is 2.00 bits per heavy atom. The number of carbonyl (C=O) groups is 2. The van der Waals surface area contributed by atoms with Crippen LogP contribution in [0.25, 0.3) is 0 Å². The summed E-state index contributed by atoms with van der Waals surface area (Å²) in [6, 6.07) is 4.12. The van der Waals surface area contributed by atoms with Crippen LogP contribution < -0.4 is 9.47 Å². The second-order valence-electron chi connectivity index (χ2n) is 4.91. The third-order valence-electron chi connectivity index (χ3n) is 3.69. The second kappa shape index (κ2) is 6.47. The summed E-state index contributed by atoms with van der Waals surface area (Å²) in [7, 11) is 3.00. The van der Waals surface area contributed by atoms with Gasteiger partial charge in [0.25, 0.3) is 5.91 Å². The average molecular weight is 293 g/mol. The number of hydrogen-bond acceptors (Lipinski definition) is 4. The highest BCUT2D eigenvalue weighted by molar-refractivity contribution is 5.99. The molecule has 6 heteroatoms. The van der Waals surface area contributed by atoms with Crippen LogP contribution in [-0.4, -0.2) is 48.7 Å². The van der Waals surface area contributed by atoms with Gasteiger partial charge < -0.3 is 19.5 Å². The second-order valence-corrected chi connectivity index (χ2v) is 4.91. The van der Waals surface area contributed by atoms with Crippen LogP contribution in [0.5, 0.6) is 11.5 Å². The fourth-order valence-corrected chi connectivity index (χ4v) is 2.56. The van der Waals surface area contributed by atoms with Gasteiger partial charge in [0.2, 0.25) is 0 Å². The number of benzene rings is 1. The number of carbonyl (C=O) groups excluding carboxylic acids is 1. The van der Waals surface area contributed by atoms with Gasteiger partial charge in [-0.3, -0.25) is 4.79 Å². The highest BCUT2D eigenvalue weighted by atomic mass is 16.5. The third kappa shape index (κ3) is 3.09. The summed E-state index contributed by atoms with van der Waals surface area (Å²) < 4.78 is 10.3. The molecule has 1 aromatic rings. The number of piperidine rings is 1. The maximum Gasteiger partial charge on any atom is 0.326 e. The molecule has 1 fully saturated rings. The minimum atomic E-state index is -0.962. The van der Waals surface area contributed by atoms with Crippen LogP contribution in [0.1, 0.15) is 29.6 Å². The maximum absolute atomic E-state index is 12.6. The molecule has 1 aromatic carbocycles. The number of methoxy groups -OCH3 is 2. The molecule has 0 saturated carbocycles. The van der Waals surface area contributed by atoms with E-state index in [1.807, 2.05) is 0 Å². The molecule has 2 rings (SSSR count). The van der Waals surface area contributed by atoms with Gasteiger partial charge in [-0.1, -0.05) is 0 Å². The number of aliphatic carboxylic acids is 1. The summed E-state index contributed by atoms with van der Waals surface area (Å²) in [5.74, 6) is -0.317. The van der Waals surface area contributed by atoms with Gasteiger partial charge in [0.1, 0.15) is 17.5 Å². The molecule has 114 valence electrons. The van der Waals surface area contributed by atoms with Crippen molar-refractivity contribution < 1.29 is 24.2 Å². The van der Waals surface area contributed by atoms with Crippen molar-refractivity contribution in [3.63, 3.8) is 0 Å². The van der Waals surface area contributed by atoms with Gasteiger partial charge in [0.15, 0.2) is 0 Å². The summed E-state index contributed by atoms with van der Waals surface area (Å²) in [6.45, 7) is 0.449. The van der Waals surface area contributed by atoms with E-state index in [-0.39, 0.29) is 5.91 Å². The fourth-order valence-electron chi connectivity index (χ4n) is 2.56. The molecule has 1 aliphatic rings. The van der Waals surface area contributed by atoms with Crippen molar-refractivity contribution in [2.75, 3.05) is 20.8 Å². The van der Waals surface area contributed by atoms with E-state index >= 15 is 0 Å². The molecule has 0 aliphatic carbocycles. The first kappa shape index (κ1) is 15.2. The molecule has 0 radical (unpaired) electrons. The SMILES string of the molecule is COc1ccc(C(=O)N2CCCCC2C(=O)O)c(OC)c1. The van der Waals surface area contributed by atoms with E-state index in [9.17, 15) is 14.7 Å². The molecule has 1 saturated heterocycles. The molecular weight excluding hydrogens is 274 g/mol. The topological polar surface area (TPSA) is 76.1 Å². The molecule has 1 aliphatic heterocycles. The minimum Gasteiger partial charge on any atom is -0.497 e. The van der Waals surface area contributed by atoms with E-state index in [0.29, 0.717) is 30.0 Å². The van der Waals surface area contributed by atoms with Crippen molar-refractivity contribution in [3.8, 4) is 11.5 Å². The predicted octanol–water partition coefficient (Wildman–Crippen LogP) is 1.78. The van der Waals surface area contributed by atoms with Crippen LogP contribution in [0, 0.1) is 0 Å². The molecular formula is C15H19NO5. The van der Waals surface area contributed by atoms with E-state index < -0.39 is 12.0 Å². The van der Waals surface area contributed by atoms with Crippen LogP contribution in [0.2, 0.25) is 0 Å². The van der Waals surface area contributed by atoms with E-state index in [4.69, 9.17) is 9.47 Å². The van der Waals surface area contributed by atoms with Crippen LogP contribution in [0.3, 0.4) is 0 Å². The molecule has 0 aromatic heterocycles. The number of nitrogens with zero attached hydrogens (tertiary/aromatic N) is 1. The van der Waals surface area contributed by atoms with Crippen molar-refractivity contribution in [3.05, 3.63) is 23.8 Å². The lowest BCUT2D eigenvalue weighted by molar-refractivity contribution is -0.143. The molecule has 21 heavy (non-hydrogen) atoms. The molecule has 0 bridgehead atoms. The number of carboxylic acids is 1. The van der Waals surface area contributed by atoms with Crippen LogP contribution in [-0.2, 0) is 4.79 Å². The number of amides is 1. The van der Waals surface area contributed by atoms with Gasteiger partial charge in [-0.25, -0.2) is 4.79 Å². The van der Waals surface area contributed by atoms with Gasteiger partial charge >= 0.3 is 5.97 Å². The van der Waals surface area contributed by atoms with Crippen LogP contribution >= 0.6 is 0 Å². The molecule has 1 unspecified atom stereocenters. The standard InChI is InChI=1S/C15H19NO5/c1-20-10-6-7-11(13(9-10)21-2)14(17)16-8-4-3-5-12(16)15(18)19/h6-7,9,12H,3-5,8H2,1-2H3,(H,18,19). The van der Waals surface area contributed by atoms with Crippen molar-refractivity contribution in [1.82, 2.24) is 4.90 Å². The van der Waals surface area contributed by atoms with Crippen molar-refractivity contribution >= 4 is 11.9 Å². The Morgan fingerprint density at radius 1 is 1.24 bits per heavy atom. The lowest BCUT2D eigenvalue weighted by Gasteiger charge is -2.33. The Labute approximate surface area is 123 Å². The molecule has 1 heterocycles. The first-order chi connectivity index (χ1) is 10.1. The van der Waals surface area contributed by atoms with Gasteiger partial charge in [0, 0.05) is 12.6 Å². The Morgan fingerprint density at radius 3 is 2.62 bits per heavy atom. The molecule has 1 N–H and O–H groups in total. The summed E-state index contributed by atoms with van der Waals surface area (Å²) in [4.78, 5) is 25.4. The van der Waals surface area contributed by atoms with E-state index in [1.165, 1.54) is 19.1 Å². The molecule has 0 spiro atoms. The molecule has 1 atom stereocenters. The first-order valence-electron chi connectivity index (χ1n) is 6.84. The first-order valence-corrected chi connectivity index (χ1v) is 6.84. The van der Waals surface area contributed by atoms with Crippen LogP contribution in [0.15, 0.2) is 18.2 Å². The zero-order valence-corrected chi connectivity index (χ0v) is 12.2. The number of likely N-dealkylation sites (tertiary alicyclic amines) is 1. The lowest BCUT2D eigenvalue weighted by Crippen LogP contribution is -2.48. The van der Waals surface area contributed by atoms with Gasteiger partial charge in [-0.2, -0.15) is 0 Å². The smallest absolute Gasteiger partial charge is 0.326 e. The minimum absolute atomic E-state index is 0.318. The van der Waals surface area contributed by atoms with Crippen molar-refractivity contribution in [2.24, 2.45) is 0 Å². The quantitative estimate of drug-likeness (QED) is 0.915. The Balaban J connectivity index is 2.31. The van der Waals surface area contributed by atoms with Crippen molar-refractivity contribution in [2.45, 2.75) is 25.3 Å². The third-order valence-corrected chi connectivity index (χ3v) is 3.69. The number of carboxylic acid groups (broad SMARTS) is 1. The van der Waals surface area contributed by atoms with E-state index in [1.54, 1.807) is 18.2 Å². The van der Waals surface area contributed by atoms with Crippen LogP contribution in [0.4, 0.5) is 0 Å². The average Bonchev–Trinajstić information content (AvgIpc) is 2.53. The Kier molecular flexibility index (Phi) is 4.67. The lowest BCUT2D eigenvalue weighted by atomic mass is 10.0. The molecule has 6 nitrogen and oxygen atoms in total. The maximum atomic E-state index is 12.6. The van der Waals surface area contributed by atoms with E-state index in [0.717, 1.165) is 12.8 Å². The zero-order valence-electron chi connectivity index (χ0n) is 12.2. The summed E-state index contributed by atoms with van der Waals surface area (Å²) in [6.07, 6.45) is 2.12. The normalized spacial score (nSPS) is 18.2. The Bertz CT molecular complexity index is 543. The number of rotatable bonds is 4. The zero-order chi connectivity index (χ0) is 15.4. The number of hydrogen-bond donors (Lipinski definition) is 1. The highest BCUT2D eigenvalue weighted by Gasteiger charge is 2.33. The van der Waals surface area contributed by atoms with Gasteiger partial charge in [0.05, 0.1) is 19.8 Å². The predicted molar refractivity (Wildman–Crippen MR) is 75.9 cm³/mol. The Hall–Kier alpha value is -2.24. The van der Waals surface area contributed by atoms with E-state index in [2.05, 4.69) is 0 Å². The molecule has 1 amide bonds. The fraction of sp³-hybridized carbons (Fsp3) is 0.467. The monoisotopic (exact) mass is 293 g/mol. The van der Waals surface area contributed by atoms with Gasteiger partial charge in [-0.05, 0) is 31.4 Å². The highest BCUT2D eigenvalue weighted by Crippen LogP contribution is 2.28. The summed E-state index contributed by atoms with van der Waals surface area (Å²) >= 11 is 0. The summed E-state index contributed by atoms with van der Waals surface area (Å²) in [5.41, 5.74) is 0.353. The largest absolute Gasteiger partial charge is 0.497 e. The van der Waals surface area contributed by atoms with Crippen molar-refractivity contribution in [1.29, 1.82) is 0 Å².